The Morgan fingerprint density at radius 2 is 1.75 bits per heavy atom. The molecule has 0 aliphatic carbocycles. The molecule has 20 heavy (non-hydrogen) atoms. The third kappa shape index (κ3) is 2.06. The Morgan fingerprint density at radius 1 is 1.00 bits per heavy atom. The molecule has 0 aliphatic rings. The van der Waals surface area contributed by atoms with E-state index in [4.69, 9.17) is 4.42 Å². The maximum atomic E-state index is 12.6. The Labute approximate surface area is 117 Å². The Balaban J connectivity index is 2.14. The van der Waals surface area contributed by atoms with E-state index in [1.165, 1.54) is 16.4 Å². The van der Waals surface area contributed by atoms with Crippen molar-refractivity contribution in [1.29, 1.82) is 0 Å². The molecule has 0 unspecified atom stereocenters. The van der Waals surface area contributed by atoms with Crippen molar-refractivity contribution in [3.05, 3.63) is 66.6 Å². The smallest absolute Gasteiger partial charge is 0.268 e. The fraction of sp³-hybridized carbons (Fsp3) is 0.0667. The standard InChI is InChI=1S/C15H13NO3S/c1-12-6-8-13(9-7-12)20(17,18)16-10-2-4-14(16)15-5-3-11-19-15/h2-11H,1H3. The minimum Gasteiger partial charge on any atom is -0.463 e. The SMILES string of the molecule is Cc1ccc(S(=O)(=O)n2cccc2-c2ccco2)cc1. The number of aryl methyl sites for hydroxylation is 1. The van der Waals surface area contributed by atoms with Crippen molar-refractivity contribution >= 4 is 10.0 Å². The zero-order valence-corrected chi connectivity index (χ0v) is 11.7. The van der Waals surface area contributed by atoms with Gasteiger partial charge in [0.15, 0.2) is 5.76 Å². The van der Waals surface area contributed by atoms with Gasteiger partial charge in [0.05, 0.1) is 16.9 Å². The van der Waals surface area contributed by atoms with Gasteiger partial charge in [-0.25, -0.2) is 12.4 Å². The highest BCUT2D eigenvalue weighted by Crippen LogP contribution is 2.25. The van der Waals surface area contributed by atoms with Crippen LogP contribution in [0, 0.1) is 6.92 Å². The predicted molar refractivity (Wildman–Crippen MR) is 75.9 cm³/mol. The van der Waals surface area contributed by atoms with Crippen LogP contribution < -0.4 is 0 Å². The van der Waals surface area contributed by atoms with Crippen molar-refractivity contribution in [3.8, 4) is 11.5 Å². The molecule has 2 heterocycles. The molecule has 0 radical (unpaired) electrons. The van der Waals surface area contributed by atoms with Crippen molar-refractivity contribution in [2.24, 2.45) is 0 Å². The van der Waals surface area contributed by atoms with Gasteiger partial charge in [0, 0.05) is 6.20 Å². The van der Waals surface area contributed by atoms with Gasteiger partial charge in [0.1, 0.15) is 0 Å². The monoisotopic (exact) mass is 287 g/mol. The molecule has 0 spiro atoms. The molecule has 0 bridgehead atoms. The molecule has 0 amide bonds. The van der Waals surface area contributed by atoms with Gasteiger partial charge in [-0.2, -0.15) is 0 Å². The van der Waals surface area contributed by atoms with Crippen molar-refractivity contribution < 1.29 is 12.8 Å². The van der Waals surface area contributed by atoms with Gasteiger partial charge in [-0.3, -0.25) is 0 Å². The average Bonchev–Trinajstić information content (AvgIpc) is 3.10. The summed E-state index contributed by atoms with van der Waals surface area (Å²) in [5.41, 5.74) is 1.53. The summed E-state index contributed by atoms with van der Waals surface area (Å²) < 4.78 is 31.8. The lowest BCUT2D eigenvalue weighted by Gasteiger charge is -2.09. The zero-order chi connectivity index (χ0) is 14.2. The first kappa shape index (κ1) is 12.7. The molecule has 0 atom stereocenters. The van der Waals surface area contributed by atoms with Crippen LogP contribution in [0.2, 0.25) is 0 Å². The fourth-order valence-corrected chi connectivity index (χ4v) is 3.36. The lowest BCUT2D eigenvalue weighted by molar-refractivity contribution is 0.572. The number of nitrogens with zero attached hydrogens (tertiary/aromatic N) is 1. The van der Waals surface area contributed by atoms with Crippen LogP contribution in [0.1, 0.15) is 5.56 Å². The van der Waals surface area contributed by atoms with Gasteiger partial charge in [-0.05, 0) is 43.3 Å². The normalized spacial score (nSPS) is 11.7. The number of hydrogen-bond acceptors (Lipinski definition) is 3. The van der Waals surface area contributed by atoms with E-state index in [0.29, 0.717) is 11.5 Å². The summed E-state index contributed by atoms with van der Waals surface area (Å²) in [5, 5.41) is 0. The van der Waals surface area contributed by atoms with E-state index < -0.39 is 10.0 Å². The van der Waals surface area contributed by atoms with Crippen LogP contribution in [0.4, 0.5) is 0 Å². The molecule has 4 nitrogen and oxygen atoms in total. The molecule has 0 N–H and O–H groups in total. The molecule has 102 valence electrons. The van der Waals surface area contributed by atoms with E-state index in [0.717, 1.165) is 5.56 Å². The molecule has 1 aromatic carbocycles. The quantitative estimate of drug-likeness (QED) is 0.742. The predicted octanol–water partition coefficient (Wildman–Crippen LogP) is 3.29. The topological polar surface area (TPSA) is 52.2 Å². The second kappa shape index (κ2) is 4.68. The van der Waals surface area contributed by atoms with Crippen LogP contribution >= 0.6 is 0 Å². The van der Waals surface area contributed by atoms with E-state index >= 15 is 0 Å². The van der Waals surface area contributed by atoms with Gasteiger partial charge >= 0.3 is 0 Å². The molecule has 0 fully saturated rings. The molecule has 3 aromatic rings. The van der Waals surface area contributed by atoms with E-state index in [9.17, 15) is 8.42 Å². The van der Waals surface area contributed by atoms with Crippen LogP contribution in [-0.2, 0) is 10.0 Å². The minimum absolute atomic E-state index is 0.257. The van der Waals surface area contributed by atoms with Crippen molar-refractivity contribution in [2.75, 3.05) is 0 Å². The largest absolute Gasteiger partial charge is 0.463 e. The summed E-state index contributed by atoms with van der Waals surface area (Å²) in [6.07, 6.45) is 3.04. The van der Waals surface area contributed by atoms with Gasteiger partial charge < -0.3 is 4.42 Å². The number of benzene rings is 1. The minimum atomic E-state index is -3.61. The molecule has 0 aliphatic heterocycles. The molecule has 2 aromatic heterocycles. The zero-order valence-electron chi connectivity index (χ0n) is 10.9. The maximum absolute atomic E-state index is 12.6. The lowest BCUT2D eigenvalue weighted by Crippen LogP contribution is -2.12. The van der Waals surface area contributed by atoms with Gasteiger partial charge in [0.25, 0.3) is 10.0 Å². The molecular weight excluding hydrogens is 274 g/mol. The van der Waals surface area contributed by atoms with Gasteiger partial charge in [0.2, 0.25) is 0 Å². The lowest BCUT2D eigenvalue weighted by atomic mass is 10.2. The van der Waals surface area contributed by atoms with Crippen LogP contribution in [-0.4, -0.2) is 12.4 Å². The number of aromatic nitrogens is 1. The van der Waals surface area contributed by atoms with Gasteiger partial charge in [-0.1, -0.05) is 17.7 Å². The number of hydrogen-bond donors (Lipinski definition) is 0. The average molecular weight is 287 g/mol. The highest BCUT2D eigenvalue weighted by molar-refractivity contribution is 7.90. The second-order valence-corrected chi connectivity index (χ2v) is 6.30. The first-order valence-corrected chi connectivity index (χ1v) is 7.56. The Bertz CT molecular complexity index is 812. The molecule has 0 saturated carbocycles. The highest BCUT2D eigenvalue weighted by atomic mass is 32.2. The fourth-order valence-electron chi connectivity index (χ4n) is 2.01. The summed E-state index contributed by atoms with van der Waals surface area (Å²) in [5.74, 6) is 0.519. The molecule has 0 saturated heterocycles. The first-order valence-electron chi connectivity index (χ1n) is 6.12. The van der Waals surface area contributed by atoms with Crippen LogP contribution in [0.25, 0.3) is 11.5 Å². The Kier molecular flexibility index (Phi) is 2.99. The van der Waals surface area contributed by atoms with E-state index in [1.807, 2.05) is 6.92 Å². The number of rotatable bonds is 3. The van der Waals surface area contributed by atoms with Crippen molar-refractivity contribution in [2.45, 2.75) is 11.8 Å². The van der Waals surface area contributed by atoms with Crippen molar-refractivity contribution in [1.82, 2.24) is 3.97 Å². The van der Waals surface area contributed by atoms with Crippen LogP contribution in [0.3, 0.4) is 0 Å². The van der Waals surface area contributed by atoms with Gasteiger partial charge in [-0.15, -0.1) is 0 Å². The molecule has 3 rings (SSSR count). The second-order valence-electron chi connectivity index (χ2n) is 4.48. The first-order chi connectivity index (χ1) is 9.59. The Morgan fingerprint density at radius 3 is 2.40 bits per heavy atom. The molecule has 5 heteroatoms. The van der Waals surface area contributed by atoms with Crippen molar-refractivity contribution in [3.63, 3.8) is 0 Å². The molecular formula is C15H13NO3S. The third-order valence-corrected chi connectivity index (χ3v) is 4.77. The highest BCUT2D eigenvalue weighted by Gasteiger charge is 2.20. The summed E-state index contributed by atoms with van der Waals surface area (Å²) in [7, 11) is -3.61. The maximum Gasteiger partial charge on any atom is 0.268 e. The van der Waals surface area contributed by atoms with Crippen LogP contribution in [0.15, 0.2) is 70.3 Å². The third-order valence-electron chi connectivity index (χ3n) is 3.06. The Hall–Kier alpha value is -2.27. The number of furan rings is 1. The summed E-state index contributed by atoms with van der Waals surface area (Å²) in [4.78, 5) is 0.257. The van der Waals surface area contributed by atoms with E-state index in [1.54, 1.807) is 48.5 Å². The van der Waals surface area contributed by atoms with E-state index in [-0.39, 0.29) is 4.90 Å². The summed E-state index contributed by atoms with van der Waals surface area (Å²) in [6.45, 7) is 1.92. The van der Waals surface area contributed by atoms with E-state index in [2.05, 4.69) is 0 Å². The summed E-state index contributed by atoms with van der Waals surface area (Å²) >= 11 is 0. The van der Waals surface area contributed by atoms with Crippen LogP contribution in [0.5, 0.6) is 0 Å². The summed E-state index contributed by atoms with van der Waals surface area (Å²) in [6, 6.07) is 13.6.